The Morgan fingerprint density at radius 1 is 1.24 bits per heavy atom. The van der Waals surface area contributed by atoms with Gasteiger partial charge in [-0.3, -0.25) is 4.90 Å². The number of anilines is 1. The van der Waals surface area contributed by atoms with E-state index in [4.69, 9.17) is 4.74 Å². The maximum Gasteiger partial charge on any atom is 0.133 e. The molecule has 0 spiro atoms. The van der Waals surface area contributed by atoms with E-state index in [-0.39, 0.29) is 5.75 Å². The number of pyridine rings is 1. The fourth-order valence-corrected chi connectivity index (χ4v) is 2.63. The first-order valence-corrected chi connectivity index (χ1v) is 7.45. The van der Waals surface area contributed by atoms with Crippen molar-refractivity contribution in [1.29, 1.82) is 0 Å². The third-order valence-electron chi connectivity index (χ3n) is 3.80. The van der Waals surface area contributed by atoms with Gasteiger partial charge in [0.25, 0.3) is 0 Å². The number of hydrogen-bond donors (Lipinski definition) is 2. The lowest BCUT2D eigenvalue weighted by Crippen LogP contribution is -2.37. The molecular formula is C16H21N3O2. The normalized spacial score (nSPS) is 16.2. The molecule has 21 heavy (non-hydrogen) atoms. The molecule has 5 heteroatoms. The molecule has 5 nitrogen and oxygen atoms in total. The van der Waals surface area contributed by atoms with E-state index in [2.05, 4.69) is 15.2 Å². The number of nitrogens with zero attached hydrogens (tertiary/aromatic N) is 2. The smallest absolute Gasteiger partial charge is 0.133 e. The Balaban J connectivity index is 1.56. The van der Waals surface area contributed by atoms with Crippen LogP contribution in [0, 0.1) is 0 Å². The number of benzene rings is 1. The predicted molar refractivity (Wildman–Crippen MR) is 83.8 cm³/mol. The highest BCUT2D eigenvalue weighted by molar-refractivity contribution is 5.92. The van der Waals surface area contributed by atoms with E-state index in [1.807, 2.05) is 12.1 Å². The van der Waals surface area contributed by atoms with Gasteiger partial charge in [-0.1, -0.05) is 6.07 Å². The van der Waals surface area contributed by atoms with Gasteiger partial charge in [-0.05, 0) is 36.6 Å². The highest BCUT2D eigenvalue weighted by atomic mass is 16.5. The monoisotopic (exact) mass is 287 g/mol. The SMILES string of the molecule is Oc1ccc2ccnc(NCCCN3CCOCC3)c2c1. The van der Waals surface area contributed by atoms with Crippen LogP contribution in [0.4, 0.5) is 5.82 Å². The van der Waals surface area contributed by atoms with Crippen LogP contribution >= 0.6 is 0 Å². The number of aromatic hydroxyl groups is 1. The summed E-state index contributed by atoms with van der Waals surface area (Å²) in [5.41, 5.74) is 0. The van der Waals surface area contributed by atoms with E-state index >= 15 is 0 Å². The highest BCUT2D eigenvalue weighted by Crippen LogP contribution is 2.24. The second kappa shape index (κ2) is 6.74. The molecule has 2 heterocycles. The number of phenolic OH excluding ortho intramolecular Hbond substituents is 1. The second-order valence-corrected chi connectivity index (χ2v) is 5.30. The molecule has 1 saturated heterocycles. The molecule has 112 valence electrons. The summed E-state index contributed by atoms with van der Waals surface area (Å²) in [7, 11) is 0. The van der Waals surface area contributed by atoms with Crippen LogP contribution in [0.5, 0.6) is 5.75 Å². The molecule has 2 N–H and O–H groups in total. The minimum Gasteiger partial charge on any atom is -0.508 e. The van der Waals surface area contributed by atoms with Gasteiger partial charge in [0.2, 0.25) is 0 Å². The molecule has 0 atom stereocenters. The second-order valence-electron chi connectivity index (χ2n) is 5.30. The van der Waals surface area contributed by atoms with E-state index in [1.54, 1.807) is 18.3 Å². The molecule has 0 unspecified atom stereocenters. The summed E-state index contributed by atoms with van der Waals surface area (Å²) in [5.74, 6) is 1.11. The number of phenols is 1. The van der Waals surface area contributed by atoms with Crippen LogP contribution in [0.1, 0.15) is 6.42 Å². The fraction of sp³-hybridized carbons (Fsp3) is 0.438. The van der Waals surface area contributed by atoms with Gasteiger partial charge in [0.05, 0.1) is 13.2 Å². The number of ether oxygens (including phenoxy) is 1. The number of rotatable bonds is 5. The van der Waals surface area contributed by atoms with Gasteiger partial charge in [0.15, 0.2) is 0 Å². The third kappa shape index (κ3) is 3.62. The largest absolute Gasteiger partial charge is 0.508 e. The molecular weight excluding hydrogens is 266 g/mol. The zero-order chi connectivity index (χ0) is 14.5. The summed E-state index contributed by atoms with van der Waals surface area (Å²) in [4.78, 5) is 6.80. The van der Waals surface area contributed by atoms with Crippen LogP contribution in [0.3, 0.4) is 0 Å². The molecule has 1 fully saturated rings. The topological polar surface area (TPSA) is 57.6 Å². The molecule has 0 saturated carbocycles. The summed E-state index contributed by atoms with van der Waals surface area (Å²) in [6.45, 7) is 5.70. The lowest BCUT2D eigenvalue weighted by atomic mass is 10.1. The first-order chi connectivity index (χ1) is 10.3. The van der Waals surface area contributed by atoms with Crippen molar-refractivity contribution in [2.24, 2.45) is 0 Å². The Kier molecular flexibility index (Phi) is 4.52. The van der Waals surface area contributed by atoms with Crippen LogP contribution in [0.25, 0.3) is 10.8 Å². The quantitative estimate of drug-likeness (QED) is 0.825. The third-order valence-corrected chi connectivity index (χ3v) is 3.80. The lowest BCUT2D eigenvalue weighted by molar-refractivity contribution is 0.0378. The van der Waals surface area contributed by atoms with Crippen molar-refractivity contribution in [2.75, 3.05) is 44.7 Å². The van der Waals surface area contributed by atoms with Crippen LogP contribution < -0.4 is 5.32 Å². The zero-order valence-corrected chi connectivity index (χ0v) is 12.1. The van der Waals surface area contributed by atoms with Crippen molar-refractivity contribution in [3.63, 3.8) is 0 Å². The average molecular weight is 287 g/mol. The maximum atomic E-state index is 9.62. The molecule has 0 aliphatic carbocycles. The molecule has 1 aliphatic heterocycles. The van der Waals surface area contributed by atoms with E-state index in [0.29, 0.717) is 0 Å². The Labute approximate surface area is 124 Å². The van der Waals surface area contributed by atoms with Crippen LogP contribution in [-0.4, -0.2) is 54.4 Å². The van der Waals surface area contributed by atoms with E-state index in [9.17, 15) is 5.11 Å². The number of aromatic nitrogens is 1. The molecule has 1 aromatic carbocycles. The molecule has 0 bridgehead atoms. The minimum atomic E-state index is 0.270. The maximum absolute atomic E-state index is 9.62. The van der Waals surface area contributed by atoms with Crippen LogP contribution in [0.15, 0.2) is 30.5 Å². The van der Waals surface area contributed by atoms with Crippen molar-refractivity contribution in [1.82, 2.24) is 9.88 Å². The summed E-state index contributed by atoms with van der Waals surface area (Å²) in [6.07, 6.45) is 2.86. The summed E-state index contributed by atoms with van der Waals surface area (Å²) in [6, 6.07) is 7.32. The first kappa shape index (κ1) is 14.1. The summed E-state index contributed by atoms with van der Waals surface area (Å²) in [5, 5.41) is 15.0. The van der Waals surface area contributed by atoms with E-state index < -0.39 is 0 Å². The van der Waals surface area contributed by atoms with E-state index in [1.165, 1.54) is 0 Å². The Morgan fingerprint density at radius 3 is 2.95 bits per heavy atom. The van der Waals surface area contributed by atoms with Crippen LogP contribution in [0.2, 0.25) is 0 Å². The molecule has 0 radical (unpaired) electrons. The van der Waals surface area contributed by atoms with Gasteiger partial charge in [-0.2, -0.15) is 0 Å². The molecule has 1 aromatic heterocycles. The molecule has 3 rings (SSSR count). The molecule has 2 aromatic rings. The minimum absolute atomic E-state index is 0.270. The van der Waals surface area contributed by atoms with Crippen molar-refractivity contribution in [3.8, 4) is 5.75 Å². The van der Waals surface area contributed by atoms with Crippen molar-refractivity contribution in [2.45, 2.75) is 6.42 Å². The van der Waals surface area contributed by atoms with Crippen molar-refractivity contribution in [3.05, 3.63) is 30.5 Å². The van der Waals surface area contributed by atoms with Gasteiger partial charge >= 0.3 is 0 Å². The van der Waals surface area contributed by atoms with E-state index in [0.717, 1.165) is 62.4 Å². The number of nitrogens with one attached hydrogen (secondary N) is 1. The number of hydrogen-bond acceptors (Lipinski definition) is 5. The average Bonchev–Trinajstić information content (AvgIpc) is 2.53. The Bertz CT molecular complexity index is 597. The van der Waals surface area contributed by atoms with Gasteiger partial charge < -0.3 is 15.2 Å². The van der Waals surface area contributed by atoms with Gasteiger partial charge in [0.1, 0.15) is 11.6 Å². The van der Waals surface area contributed by atoms with Gasteiger partial charge in [0, 0.05) is 31.2 Å². The number of morpholine rings is 1. The van der Waals surface area contributed by atoms with Crippen LogP contribution in [-0.2, 0) is 4.74 Å². The first-order valence-electron chi connectivity index (χ1n) is 7.45. The van der Waals surface area contributed by atoms with Crippen molar-refractivity contribution >= 4 is 16.6 Å². The standard InChI is InChI=1S/C16H21N3O2/c20-14-3-2-13-4-6-18-16(15(13)12-14)17-5-1-7-19-8-10-21-11-9-19/h2-4,6,12,20H,1,5,7-11H2,(H,17,18). The lowest BCUT2D eigenvalue weighted by Gasteiger charge is -2.26. The Hall–Kier alpha value is -1.85. The molecule has 0 amide bonds. The Morgan fingerprint density at radius 2 is 2.10 bits per heavy atom. The summed E-state index contributed by atoms with van der Waals surface area (Å²) < 4.78 is 5.34. The number of fused-ring (bicyclic) bond motifs is 1. The predicted octanol–water partition coefficient (Wildman–Crippen LogP) is 2.07. The highest BCUT2D eigenvalue weighted by Gasteiger charge is 2.09. The van der Waals surface area contributed by atoms with Gasteiger partial charge in [-0.15, -0.1) is 0 Å². The zero-order valence-electron chi connectivity index (χ0n) is 12.1. The molecule has 1 aliphatic rings. The van der Waals surface area contributed by atoms with Gasteiger partial charge in [-0.25, -0.2) is 4.98 Å². The van der Waals surface area contributed by atoms with Crippen molar-refractivity contribution < 1.29 is 9.84 Å². The summed E-state index contributed by atoms with van der Waals surface area (Å²) >= 11 is 0. The fourth-order valence-electron chi connectivity index (χ4n) is 2.63.